The summed E-state index contributed by atoms with van der Waals surface area (Å²) < 4.78 is 0.925. The number of rotatable bonds is 8. The number of aliphatic hydroxyl groups is 1. The minimum absolute atomic E-state index is 0.0646. The van der Waals surface area contributed by atoms with Gasteiger partial charge >= 0.3 is 0 Å². The van der Waals surface area contributed by atoms with Gasteiger partial charge in [-0.25, -0.2) is 9.97 Å². The van der Waals surface area contributed by atoms with E-state index in [9.17, 15) is 5.11 Å². The van der Waals surface area contributed by atoms with Gasteiger partial charge < -0.3 is 16.2 Å². The highest BCUT2D eigenvalue weighted by Gasteiger charge is 2.15. The number of aromatic nitrogens is 3. The van der Waals surface area contributed by atoms with Crippen LogP contribution in [0.3, 0.4) is 0 Å². The fourth-order valence-electron chi connectivity index (χ4n) is 3.48. The van der Waals surface area contributed by atoms with E-state index in [-0.39, 0.29) is 6.04 Å². The molecule has 33 heavy (non-hydrogen) atoms. The van der Waals surface area contributed by atoms with Crippen LogP contribution in [0.5, 0.6) is 0 Å². The van der Waals surface area contributed by atoms with Gasteiger partial charge in [-0.1, -0.05) is 55.5 Å². The van der Waals surface area contributed by atoms with Crippen LogP contribution in [-0.4, -0.2) is 38.7 Å². The molecule has 3 aromatic heterocycles. The molecule has 2 unspecified atom stereocenters. The minimum Gasteiger partial charge on any atom is -0.380 e. The topological polar surface area (TPSA) is 97.0 Å². The van der Waals surface area contributed by atoms with Gasteiger partial charge in [-0.2, -0.15) is 0 Å². The molecule has 0 fully saturated rings. The normalized spacial score (nSPS) is 12.7. The highest BCUT2D eigenvalue weighted by atomic mass is 32.1. The Morgan fingerprint density at radius 3 is 2.67 bits per heavy atom. The third kappa shape index (κ3) is 5.93. The molecule has 4 aromatic rings. The molecule has 0 amide bonds. The summed E-state index contributed by atoms with van der Waals surface area (Å²) in [5, 5.41) is 15.4. The van der Waals surface area contributed by atoms with Crippen LogP contribution in [0.4, 0.5) is 5.82 Å². The molecule has 2 atom stereocenters. The van der Waals surface area contributed by atoms with E-state index in [1.54, 1.807) is 23.7 Å². The summed E-state index contributed by atoms with van der Waals surface area (Å²) in [6, 6.07) is 13.9. The SMILES string of the molecule is CCCC(O)C#Cc1csc2c(NCC(N)Cc3ccccc3)nc(-c3ccncc3)nc12. The average molecular weight is 458 g/mol. The van der Waals surface area contributed by atoms with Crippen molar-refractivity contribution in [2.24, 2.45) is 5.73 Å². The van der Waals surface area contributed by atoms with Gasteiger partial charge in [0.2, 0.25) is 0 Å². The summed E-state index contributed by atoms with van der Waals surface area (Å²) in [6.45, 7) is 2.60. The van der Waals surface area contributed by atoms with Crippen molar-refractivity contribution < 1.29 is 5.11 Å². The summed E-state index contributed by atoms with van der Waals surface area (Å²) in [4.78, 5) is 13.7. The number of benzene rings is 1. The number of hydrogen-bond donors (Lipinski definition) is 3. The summed E-state index contributed by atoms with van der Waals surface area (Å²) in [5.74, 6) is 7.38. The van der Waals surface area contributed by atoms with E-state index in [4.69, 9.17) is 15.7 Å². The van der Waals surface area contributed by atoms with Crippen molar-refractivity contribution >= 4 is 27.4 Å². The fourth-order valence-corrected chi connectivity index (χ4v) is 4.38. The number of aliphatic hydroxyl groups excluding tert-OH is 1. The summed E-state index contributed by atoms with van der Waals surface area (Å²) >= 11 is 1.54. The van der Waals surface area contributed by atoms with E-state index in [1.165, 1.54) is 5.56 Å². The number of nitrogens with zero attached hydrogens (tertiary/aromatic N) is 3. The number of thiophene rings is 1. The van der Waals surface area contributed by atoms with Crippen molar-refractivity contribution in [2.75, 3.05) is 11.9 Å². The quantitative estimate of drug-likeness (QED) is 0.342. The predicted molar refractivity (Wildman–Crippen MR) is 135 cm³/mol. The third-order valence-electron chi connectivity index (χ3n) is 5.16. The van der Waals surface area contributed by atoms with E-state index >= 15 is 0 Å². The number of nitrogens with two attached hydrogens (primary N) is 1. The molecule has 1 aromatic carbocycles. The maximum Gasteiger partial charge on any atom is 0.162 e. The second-order valence-corrected chi connectivity index (χ2v) is 8.74. The third-order valence-corrected chi connectivity index (χ3v) is 6.14. The largest absolute Gasteiger partial charge is 0.380 e. The van der Waals surface area contributed by atoms with Crippen molar-refractivity contribution in [3.8, 4) is 23.2 Å². The maximum absolute atomic E-state index is 10.0. The highest BCUT2D eigenvalue weighted by molar-refractivity contribution is 7.18. The number of fused-ring (bicyclic) bond motifs is 1. The molecule has 0 aliphatic heterocycles. The van der Waals surface area contributed by atoms with Crippen molar-refractivity contribution in [3.63, 3.8) is 0 Å². The Morgan fingerprint density at radius 1 is 1.12 bits per heavy atom. The van der Waals surface area contributed by atoms with Crippen LogP contribution in [0.15, 0.2) is 60.2 Å². The lowest BCUT2D eigenvalue weighted by atomic mass is 10.1. The Balaban J connectivity index is 1.64. The molecule has 0 saturated heterocycles. The summed E-state index contributed by atoms with van der Waals surface area (Å²) in [6.07, 6.45) is 5.11. The lowest BCUT2D eigenvalue weighted by molar-refractivity contribution is 0.221. The molecule has 0 saturated carbocycles. The first kappa shape index (κ1) is 22.9. The van der Waals surface area contributed by atoms with Crippen molar-refractivity contribution in [2.45, 2.75) is 38.3 Å². The first-order valence-corrected chi connectivity index (χ1v) is 11.9. The fraction of sp³-hybridized carbons (Fsp3) is 0.269. The van der Waals surface area contributed by atoms with Crippen molar-refractivity contribution in [1.82, 2.24) is 15.0 Å². The second-order valence-electron chi connectivity index (χ2n) is 7.86. The Bertz CT molecular complexity index is 1250. The standard InChI is InChI=1S/C26H27N5OS/c1-2-6-22(32)10-9-20-17-33-24-23(20)30-25(19-11-13-28-14-12-19)31-26(24)29-16-21(27)15-18-7-4-3-5-8-18/h3-5,7-8,11-14,17,21-22,32H,2,6,15-16,27H2,1H3,(H,29,30,31). The van der Waals surface area contributed by atoms with Gasteiger partial charge in [0.1, 0.15) is 17.4 Å². The smallest absolute Gasteiger partial charge is 0.162 e. The maximum atomic E-state index is 10.0. The van der Waals surface area contributed by atoms with E-state index < -0.39 is 6.10 Å². The van der Waals surface area contributed by atoms with Gasteiger partial charge in [0.15, 0.2) is 5.82 Å². The molecule has 0 aliphatic rings. The zero-order valence-corrected chi connectivity index (χ0v) is 19.3. The first-order valence-electron chi connectivity index (χ1n) is 11.1. The average Bonchev–Trinajstić information content (AvgIpc) is 3.26. The van der Waals surface area contributed by atoms with Crippen LogP contribution in [0, 0.1) is 11.8 Å². The number of anilines is 1. The number of pyridine rings is 1. The van der Waals surface area contributed by atoms with Gasteiger partial charge in [-0.05, 0) is 30.5 Å². The Labute approximate surface area is 197 Å². The molecule has 0 spiro atoms. The van der Waals surface area contributed by atoms with Gasteiger partial charge in [-0.3, -0.25) is 4.98 Å². The van der Waals surface area contributed by atoms with Crippen LogP contribution in [0.2, 0.25) is 0 Å². The molecule has 168 valence electrons. The van der Waals surface area contributed by atoms with Crippen molar-refractivity contribution in [1.29, 1.82) is 0 Å². The van der Waals surface area contributed by atoms with Crippen LogP contribution >= 0.6 is 11.3 Å². The summed E-state index contributed by atoms with van der Waals surface area (Å²) in [5.41, 5.74) is 10.0. The van der Waals surface area contributed by atoms with Crippen molar-refractivity contribution in [3.05, 3.63) is 71.4 Å². The summed E-state index contributed by atoms with van der Waals surface area (Å²) in [7, 11) is 0. The number of nitrogens with one attached hydrogen (secondary N) is 1. The lowest BCUT2D eigenvalue weighted by Crippen LogP contribution is -2.31. The molecule has 3 heterocycles. The van der Waals surface area contributed by atoms with Gasteiger partial charge in [0.25, 0.3) is 0 Å². The van der Waals surface area contributed by atoms with Gasteiger partial charge in [0, 0.05) is 35.9 Å². The van der Waals surface area contributed by atoms with Crippen LogP contribution in [0.1, 0.15) is 30.9 Å². The highest BCUT2D eigenvalue weighted by Crippen LogP contribution is 2.32. The van der Waals surface area contributed by atoms with Crippen LogP contribution in [0.25, 0.3) is 21.6 Å². The number of hydrogen-bond acceptors (Lipinski definition) is 7. The van der Waals surface area contributed by atoms with E-state index in [0.717, 1.165) is 40.0 Å². The molecule has 4 rings (SSSR count). The molecule has 0 bridgehead atoms. The Hall–Kier alpha value is -3.31. The molecule has 6 nitrogen and oxygen atoms in total. The Morgan fingerprint density at radius 2 is 1.91 bits per heavy atom. The molecule has 0 aliphatic carbocycles. The molecular weight excluding hydrogens is 430 g/mol. The van der Waals surface area contributed by atoms with Crippen LogP contribution < -0.4 is 11.1 Å². The zero-order chi connectivity index (χ0) is 23.0. The van der Waals surface area contributed by atoms with Crippen LogP contribution in [-0.2, 0) is 6.42 Å². The lowest BCUT2D eigenvalue weighted by Gasteiger charge is -2.14. The molecule has 4 N–H and O–H groups in total. The Kier molecular flexibility index (Phi) is 7.63. The molecule has 0 radical (unpaired) electrons. The van der Waals surface area contributed by atoms with E-state index in [1.807, 2.05) is 42.6 Å². The van der Waals surface area contributed by atoms with E-state index in [0.29, 0.717) is 18.8 Å². The minimum atomic E-state index is -0.639. The second kappa shape index (κ2) is 11.0. The first-order chi connectivity index (χ1) is 16.1. The molecule has 7 heteroatoms. The predicted octanol–water partition coefficient (Wildman–Crippen LogP) is 4.25. The van der Waals surface area contributed by atoms with Gasteiger partial charge in [-0.15, -0.1) is 11.3 Å². The monoisotopic (exact) mass is 457 g/mol. The zero-order valence-electron chi connectivity index (χ0n) is 18.5. The van der Waals surface area contributed by atoms with Gasteiger partial charge in [0.05, 0.1) is 10.3 Å². The van der Waals surface area contributed by atoms with E-state index in [2.05, 4.69) is 34.3 Å². The molecular formula is C26H27N5OS.